The summed E-state index contributed by atoms with van der Waals surface area (Å²) in [6, 6.07) is 12.7. The van der Waals surface area contributed by atoms with Crippen LogP contribution in [0, 0.1) is 0 Å². The summed E-state index contributed by atoms with van der Waals surface area (Å²) in [5, 5.41) is 2.42. The van der Waals surface area contributed by atoms with Gasteiger partial charge in [-0.1, -0.05) is 41.9 Å². The first kappa shape index (κ1) is 26.6. The quantitative estimate of drug-likeness (QED) is 0.241. The molecule has 0 saturated heterocycles. The van der Waals surface area contributed by atoms with Gasteiger partial charge in [-0.2, -0.15) is 0 Å². The highest BCUT2D eigenvalue weighted by molar-refractivity contribution is 9.10. The third-order valence-corrected chi connectivity index (χ3v) is 5.40. The Balaban J connectivity index is 1.81. The number of methoxy groups -OCH3 is 1. The topological polar surface area (TPSA) is 97.9 Å². The van der Waals surface area contributed by atoms with Gasteiger partial charge in [-0.05, 0) is 60.5 Å². The molecule has 0 fully saturated rings. The molecule has 0 aliphatic carbocycles. The fraction of sp³-hybridized carbons (Fsp3) is 0.348. The second-order valence-electron chi connectivity index (χ2n) is 7.11. The molecule has 0 bridgehead atoms. The van der Waals surface area contributed by atoms with Gasteiger partial charge in [-0.25, -0.2) is 0 Å². The van der Waals surface area contributed by atoms with Crippen molar-refractivity contribution < 1.29 is 23.8 Å². The molecular weight excluding hydrogens is 510 g/mol. The van der Waals surface area contributed by atoms with Crippen LogP contribution in [0.3, 0.4) is 0 Å². The summed E-state index contributed by atoms with van der Waals surface area (Å²) < 4.78 is 16.7. The van der Waals surface area contributed by atoms with Crippen molar-refractivity contribution in [2.75, 3.05) is 26.9 Å². The number of benzene rings is 2. The Morgan fingerprint density at radius 2 is 1.79 bits per heavy atom. The van der Waals surface area contributed by atoms with Gasteiger partial charge in [0.1, 0.15) is 18.1 Å². The molecule has 8 nitrogen and oxygen atoms in total. The van der Waals surface area contributed by atoms with Crippen molar-refractivity contribution in [1.29, 1.82) is 0 Å². The van der Waals surface area contributed by atoms with Crippen LogP contribution < -0.4 is 25.6 Å². The molecule has 33 heavy (non-hydrogen) atoms. The van der Waals surface area contributed by atoms with Crippen molar-refractivity contribution in [3.63, 3.8) is 0 Å². The van der Waals surface area contributed by atoms with Crippen molar-refractivity contribution in [2.24, 2.45) is 0 Å². The van der Waals surface area contributed by atoms with Crippen molar-refractivity contribution >= 4 is 45.1 Å². The Kier molecular flexibility index (Phi) is 11.1. The molecule has 10 heteroatoms. The molecule has 0 saturated carbocycles. The van der Waals surface area contributed by atoms with E-state index < -0.39 is 11.8 Å². The van der Waals surface area contributed by atoms with Crippen molar-refractivity contribution in [3.8, 4) is 11.5 Å². The number of carbonyl (C=O) groups is 2. The lowest BCUT2D eigenvalue weighted by molar-refractivity contribution is -0.123. The maximum absolute atomic E-state index is 12.6. The summed E-state index contributed by atoms with van der Waals surface area (Å²) in [4.78, 5) is 24.6. The predicted molar refractivity (Wildman–Crippen MR) is 133 cm³/mol. The van der Waals surface area contributed by atoms with Gasteiger partial charge in [-0.3, -0.25) is 25.8 Å². The second-order valence-corrected chi connectivity index (χ2v) is 8.43. The number of thiocarbonyl (C=S) groups is 1. The molecule has 2 aromatic rings. The third-order valence-electron chi connectivity index (χ3n) is 4.71. The van der Waals surface area contributed by atoms with Gasteiger partial charge in [0.15, 0.2) is 11.7 Å². The van der Waals surface area contributed by atoms with Crippen LogP contribution in [-0.4, -0.2) is 43.9 Å². The SMILES string of the molecule is CCC(C)c1ccc(OCC(=O)NNC(=S)NC(=O)c2cc(Br)ccc2OCCOC)cc1. The number of amides is 2. The lowest BCUT2D eigenvalue weighted by Gasteiger charge is -2.14. The fourth-order valence-electron chi connectivity index (χ4n) is 2.68. The lowest BCUT2D eigenvalue weighted by atomic mass is 9.99. The van der Waals surface area contributed by atoms with Gasteiger partial charge >= 0.3 is 0 Å². The summed E-state index contributed by atoms with van der Waals surface area (Å²) in [6.45, 7) is 4.75. The van der Waals surface area contributed by atoms with E-state index in [-0.39, 0.29) is 23.9 Å². The van der Waals surface area contributed by atoms with Gasteiger partial charge in [0.25, 0.3) is 11.8 Å². The molecule has 0 heterocycles. The molecule has 0 spiro atoms. The third kappa shape index (κ3) is 8.99. The molecule has 0 radical (unpaired) electrons. The number of carbonyl (C=O) groups excluding carboxylic acids is 2. The van der Waals surface area contributed by atoms with Crippen molar-refractivity contribution in [2.45, 2.75) is 26.2 Å². The molecule has 1 unspecified atom stereocenters. The summed E-state index contributed by atoms with van der Waals surface area (Å²) in [7, 11) is 1.56. The second kappa shape index (κ2) is 13.8. The van der Waals surface area contributed by atoms with E-state index in [2.05, 4.69) is 45.9 Å². The smallest absolute Gasteiger partial charge is 0.276 e. The minimum atomic E-state index is -0.492. The van der Waals surface area contributed by atoms with Gasteiger partial charge < -0.3 is 14.2 Å². The average Bonchev–Trinajstić information content (AvgIpc) is 2.82. The summed E-state index contributed by atoms with van der Waals surface area (Å²) >= 11 is 8.42. The van der Waals surface area contributed by atoms with Crippen LogP contribution in [0.5, 0.6) is 11.5 Å². The first-order chi connectivity index (χ1) is 15.8. The molecule has 1 atom stereocenters. The Bertz CT molecular complexity index is 956. The molecule has 0 aliphatic rings. The van der Waals surface area contributed by atoms with Crippen molar-refractivity contribution in [1.82, 2.24) is 16.2 Å². The summed E-state index contributed by atoms with van der Waals surface area (Å²) in [5.41, 5.74) is 6.37. The zero-order chi connectivity index (χ0) is 24.2. The van der Waals surface area contributed by atoms with E-state index in [4.69, 9.17) is 26.4 Å². The van der Waals surface area contributed by atoms with E-state index >= 15 is 0 Å². The maximum Gasteiger partial charge on any atom is 0.276 e. The molecule has 2 amide bonds. The van der Waals surface area contributed by atoms with Gasteiger partial charge in [0.2, 0.25) is 0 Å². The number of hydrazine groups is 1. The number of rotatable bonds is 10. The Morgan fingerprint density at radius 3 is 2.45 bits per heavy atom. The molecule has 2 rings (SSSR count). The van der Waals surface area contributed by atoms with E-state index in [9.17, 15) is 9.59 Å². The van der Waals surface area contributed by atoms with E-state index in [1.165, 1.54) is 5.56 Å². The minimum absolute atomic E-state index is 0.0749. The highest BCUT2D eigenvalue weighted by atomic mass is 79.9. The number of hydrogen-bond donors (Lipinski definition) is 3. The number of nitrogens with one attached hydrogen (secondary N) is 3. The monoisotopic (exact) mass is 537 g/mol. The zero-order valence-electron chi connectivity index (χ0n) is 18.8. The molecule has 3 N–H and O–H groups in total. The van der Waals surface area contributed by atoms with Crippen LogP contribution in [0.1, 0.15) is 42.1 Å². The van der Waals surface area contributed by atoms with Crippen LogP contribution >= 0.6 is 28.1 Å². The van der Waals surface area contributed by atoms with Crippen LogP contribution in [0.15, 0.2) is 46.9 Å². The van der Waals surface area contributed by atoms with E-state index in [1.54, 1.807) is 25.3 Å². The van der Waals surface area contributed by atoms with E-state index in [1.807, 2.05) is 24.3 Å². The number of halogens is 1. The molecule has 178 valence electrons. The van der Waals surface area contributed by atoms with Gasteiger partial charge in [0.05, 0.1) is 12.2 Å². The summed E-state index contributed by atoms with van der Waals surface area (Å²) in [5.74, 6) is 0.487. The van der Waals surface area contributed by atoms with Crippen LogP contribution in [0.2, 0.25) is 0 Å². The Hall–Kier alpha value is -2.69. The van der Waals surface area contributed by atoms with E-state index in [0.717, 1.165) is 6.42 Å². The first-order valence-corrected chi connectivity index (χ1v) is 11.6. The molecule has 0 aliphatic heterocycles. The van der Waals surface area contributed by atoms with Crippen LogP contribution in [0.4, 0.5) is 0 Å². The fourth-order valence-corrected chi connectivity index (χ4v) is 3.19. The van der Waals surface area contributed by atoms with Crippen LogP contribution in [0.25, 0.3) is 0 Å². The van der Waals surface area contributed by atoms with Crippen molar-refractivity contribution in [3.05, 3.63) is 58.1 Å². The van der Waals surface area contributed by atoms with Gasteiger partial charge in [0, 0.05) is 11.6 Å². The Morgan fingerprint density at radius 1 is 1.06 bits per heavy atom. The first-order valence-electron chi connectivity index (χ1n) is 10.4. The average molecular weight is 538 g/mol. The summed E-state index contributed by atoms with van der Waals surface area (Å²) in [6.07, 6.45) is 1.05. The van der Waals surface area contributed by atoms with E-state index in [0.29, 0.717) is 28.5 Å². The highest BCUT2D eigenvalue weighted by Crippen LogP contribution is 2.23. The van der Waals surface area contributed by atoms with Crippen LogP contribution in [-0.2, 0) is 9.53 Å². The maximum atomic E-state index is 12.6. The molecular formula is C23H28BrN3O5S. The normalized spacial score (nSPS) is 11.3. The zero-order valence-corrected chi connectivity index (χ0v) is 21.2. The largest absolute Gasteiger partial charge is 0.490 e. The predicted octanol–water partition coefficient (Wildman–Crippen LogP) is 3.70. The molecule has 0 aromatic heterocycles. The minimum Gasteiger partial charge on any atom is -0.490 e. The lowest BCUT2D eigenvalue weighted by Crippen LogP contribution is -2.49. The number of ether oxygens (including phenoxy) is 3. The molecule has 2 aromatic carbocycles. The standard InChI is InChI=1S/C23H28BrN3O5S/c1-4-15(2)16-5-8-18(9-6-16)32-14-21(28)26-27-23(33)25-22(29)19-13-17(24)7-10-20(19)31-12-11-30-3/h5-10,13,15H,4,11-12,14H2,1-3H3,(H,26,28)(H2,25,27,29,33). The highest BCUT2D eigenvalue weighted by Gasteiger charge is 2.15. The Labute approximate surface area is 207 Å². The number of hydrogen-bond acceptors (Lipinski definition) is 6. The van der Waals surface area contributed by atoms with Gasteiger partial charge in [-0.15, -0.1) is 0 Å².